The fourth-order valence-corrected chi connectivity index (χ4v) is 3.91. The Balaban J connectivity index is 1.88. The van der Waals surface area contributed by atoms with E-state index in [0.717, 1.165) is 16.6 Å². The van der Waals surface area contributed by atoms with Crippen molar-refractivity contribution in [3.63, 3.8) is 0 Å². The third kappa shape index (κ3) is 5.22. The molecule has 1 fully saturated rings. The highest BCUT2D eigenvalue weighted by Crippen LogP contribution is 2.26. The first-order valence-corrected chi connectivity index (χ1v) is 8.55. The van der Waals surface area contributed by atoms with E-state index in [0.29, 0.717) is 11.8 Å². The van der Waals surface area contributed by atoms with Crippen LogP contribution < -0.4 is 10.1 Å². The molecule has 1 aromatic rings. The van der Waals surface area contributed by atoms with Crippen LogP contribution in [0.1, 0.15) is 24.8 Å². The maximum absolute atomic E-state index is 12.4. The summed E-state index contributed by atoms with van der Waals surface area (Å²) in [5, 5.41) is 3.98. The second kappa shape index (κ2) is 8.20. The minimum absolute atomic E-state index is 0.243. The molecule has 1 unspecified atom stereocenters. The largest absolute Gasteiger partial charge is 0.434 e. The van der Waals surface area contributed by atoms with Gasteiger partial charge in [-0.25, -0.2) is 0 Å². The molecule has 112 valence electrons. The maximum Gasteiger partial charge on any atom is 0.387 e. The van der Waals surface area contributed by atoms with Crippen molar-refractivity contribution in [2.24, 2.45) is 0 Å². The van der Waals surface area contributed by atoms with Gasteiger partial charge in [0, 0.05) is 28.4 Å². The molecule has 0 amide bonds. The first kappa shape index (κ1) is 16.0. The predicted octanol–water partition coefficient (Wildman–Crippen LogP) is 4.43. The van der Waals surface area contributed by atoms with Crippen molar-refractivity contribution in [3.05, 3.63) is 28.2 Å². The Kier molecular flexibility index (Phi) is 6.58. The van der Waals surface area contributed by atoms with Crippen LogP contribution in [0.5, 0.6) is 5.75 Å². The van der Waals surface area contributed by atoms with E-state index in [2.05, 4.69) is 26.0 Å². The molecular formula is C14H18BrF2NOS. The van der Waals surface area contributed by atoms with Crippen LogP contribution in [0.2, 0.25) is 0 Å². The summed E-state index contributed by atoms with van der Waals surface area (Å²) in [6, 6.07) is 5.10. The number of thioether (sulfide) groups is 1. The molecule has 0 aromatic heterocycles. The van der Waals surface area contributed by atoms with Crippen LogP contribution in [0.4, 0.5) is 8.78 Å². The Morgan fingerprint density at radius 3 is 2.95 bits per heavy atom. The van der Waals surface area contributed by atoms with E-state index in [1.165, 1.54) is 25.0 Å². The number of hydrogen-bond donors (Lipinski definition) is 1. The van der Waals surface area contributed by atoms with Gasteiger partial charge in [-0.1, -0.05) is 22.4 Å². The van der Waals surface area contributed by atoms with E-state index in [4.69, 9.17) is 0 Å². The van der Waals surface area contributed by atoms with Gasteiger partial charge in [-0.2, -0.15) is 20.5 Å². The Morgan fingerprint density at radius 2 is 2.25 bits per heavy atom. The number of alkyl halides is 2. The smallest absolute Gasteiger partial charge is 0.387 e. The second-order valence-corrected chi connectivity index (χ2v) is 7.07. The molecule has 0 saturated carbocycles. The fraction of sp³-hybridized carbons (Fsp3) is 0.571. The Labute approximate surface area is 130 Å². The molecule has 1 saturated heterocycles. The minimum Gasteiger partial charge on any atom is -0.434 e. The Hall–Kier alpha value is -0.330. The first-order valence-electron chi connectivity index (χ1n) is 6.70. The number of halogens is 3. The lowest BCUT2D eigenvalue weighted by atomic mass is 10.1. The zero-order valence-corrected chi connectivity index (χ0v) is 13.5. The molecule has 2 nitrogen and oxygen atoms in total. The number of ether oxygens (including phenoxy) is 1. The molecule has 0 aliphatic carbocycles. The van der Waals surface area contributed by atoms with Gasteiger partial charge in [0.15, 0.2) is 0 Å². The van der Waals surface area contributed by atoms with Gasteiger partial charge in [-0.05, 0) is 36.8 Å². The van der Waals surface area contributed by atoms with Gasteiger partial charge in [-0.3, -0.25) is 0 Å². The van der Waals surface area contributed by atoms with Crippen LogP contribution in [0.15, 0.2) is 22.7 Å². The summed E-state index contributed by atoms with van der Waals surface area (Å²) >= 11 is 5.35. The monoisotopic (exact) mass is 365 g/mol. The highest BCUT2D eigenvalue weighted by Gasteiger charge is 2.14. The fourth-order valence-electron chi connectivity index (χ4n) is 2.23. The van der Waals surface area contributed by atoms with Crippen molar-refractivity contribution < 1.29 is 13.5 Å². The van der Waals surface area contributed by atoms with Gasteiger partial charge in [0.1, 0.15) is 5.75 Å². The van der Waals surface area contributed by atoms with Crippen molar-refractivity contribution >= 4 is 27.7 Å². The average molecular weight is 366 g/mol. The van der Waals surface area contributed by atoms with Crippen molar-refractivity contribution in [2.45, 2.75) is 37.7 Å². The first-order chi connectivity index (χ1) is 9.65. The summed E-state index contributed by atoms with van der Waals surface area (Å²) < 4.78 is 30.1. The number of hydrogen-bond acceptors (Lipinski definition) is 3. The summed E-state index contributed by atoms with van der Waals surface area (Å²) in [5.41, 5.74) is 0.750. The predicted molar refractivity (Wildman–Crippen MR) is 82.6 cm³/mol. The summed E-state index contributed by atoms with van der Waals surface area (Å²) in [6.07, 6.45) is 3.83. The van der Waals surface area contributed by atoms with Crippen LogP contribution in [-0.4, -0.2) is 24.2 Å². The topological polar surface area (TPSA) is 21.3 Å². The molecule has 6 heteroatoms. The van der Waals surface area contributed by atoms with Crippen molar-refractivity contribution in [1.82, 2.24) is 5.32 Å². The van der Waals surface area contributed by atoms with Gasteiger partial charge in [0.05, 0.1) is 0 Å². The molecule has 20 heavy (non-hydrogen) atoms. The van der Waals surface area contributed by atoms with Gasteiger partial charge in [-0.15, -0.1) is 0 Å². The molecule has 0 spiro atoms. The average Bonchev–Trinajstić information content (AvgIpc) is 2.42. The van der Waals surface area contributed by atoms with E-state index >= 15 is 0 Å². The van der Waals surface area contributed by atoms with Crippen molar-refractivity contribution in [1.29, 1.82) is 0 Å². The Morgan fingerprint density at radius 1 is 1.40 bits per heavy atom. The van der Waals surface area contributed by atoms with Crippen molar-refractivity contribution in [2.75, 3.05) is 12.3 Å². The summed E-state index contributed by atoms with van der Waals surface area (Å²) in [6.45, 7) is -1.34. The molecular weight excluding hydrogens is 348 g/mol. The van der Waals surface area contributed by atoms with Gasteiger partial charge >= 0.3 is 6.61 Å². The van der Waals surface area contributed by atoms with Gasteiger partial charge < -0.3 is 10.1 Å². The van der Waals surface area contributed by atoms with Crippen LogP contribution in [0.3, 0.4) is 0 Å². The van der Waals surface area contributed by atoms with Crippen LogP contribution in [-0.2, 0) is 6.54 Å². The second-order valence-electron chi connectivity index (χ2n) is 4.75. The lowest BCUT2D eigenvalue weighted by molar-refractivity contribution is -0.0505. The SMILES string of the molecule is FC(F)Oc1ccc(Br)cc1CNCC1CCCCS1. The number of benzene rings is 1. The van der Waals surface area contributed by atoms with Crippen molar-refractivity contribution in [3.8, 4) is 5.75 Å². The lowest BCUT2D eigenvalue weighted by Crippen LogP contribution is -2.26. The molecule has 2 rings (SSSR count). The van der Waals surface area contributed by atoms with E-state index in [1.807, 2.05) is 17.8 Å². The third-order valence-corrected chi connectivity index (χ3v) is 5.09. The molecule has 0 bridgehead atoms. The highest BCUT2D eigenvalue weighted by molar-refractivity contribution is 9.10. The van der Waals surface area contributed by atoms with Crippen LogP contribution >= 0.6 is 27.7 Å². The zero-order valence-electron chi connectivity index (χ0n) is 11.1. The maximum atomic E-state index is 12.4. The summed E-state index contributed by atoms with van der Waals surface area (Å²) in [5.74, 6) is 1.47. The Bertz CT molecular complexity index is 428. The summed E-state index contributed by atoms with van der Waals surface area (Å²) in [4.78, 5) is 0. The number of nitrogens with one attached hydrogen (secondary N) is 1. The summed E-state index contributed by atoms with van der Waals surface area (Å²) in [7, 11) is 0. The van der Waals surface area contributed by atoms with Gasteiger partial charge in [0.25, 0.3) is 0 Å². The lowest BCUT2D eigenvalue weighted by Gasteiger charge is -2.21. The van der Waals surface area contributed by atoms with E-state index < -0.39 is 6.61 Å². The quantitative estimate of drug-likeness (QED) is 0.805. The molecule has 1 atom stereocenters. The molecule has 1 aliphatic heterocycles. The molecule has 1 aliphatic rings. The van der Waals surface area contributed by atoms with Crippen LogP contribution in [0.25, 0.3) is 0 Å². The van der Waals surface area contributed by atoms with Crippen LogP contribution in [0, 0.1) is 0 Å². The third-order valence-electron chi connectivity index (χ3n) is 3.20. The van der Waals surface area contributed by atoms with E-state index in [-0.39, 0.29) is 5.75 Å². The molecule has 1 N–H and O–H groups in total. The molecule has 0 radical (unpaired) electrons. The normalized spacial score (nSPS) is 19.3. The highest BCUT2D eigenvalue weighted by atomic mass is 79.9. The van der Waals surface area contributed by atoms with Gasteiger partial charge in [0.2, 0.25) is 0 Å². The van der Waals surface area contributed by atoms with E-state index in [1.54, 1.807) is 12.1 Å². The van der Waals surface area contributed by atoms with E-state index in [9.17, 15) is 8.78 Å². The molecule has 1 aromatic carbocycles. The molecule has 1 heterocycles. The standard InChI is InChI=1S/C14H18BrF2NOS/c15-11-4-5-13(19-14(16)17)10(7-11)8-18-9-12-3-1-2-6-20-12/h4-5,7,12,14,18H,1-3,6,8-9H2. The zero-order chi connectivity index (χ0) is 14.4. The number of rotatable bonds is 6. The minimum atomic E-state index is -2.79.